The van der Waals surface area contributed by atoms with Gasteiger partial charge in [0.1, 0.15) is 12.4 Å². The van der Waals surface area contributed by atoms with Crippen LogP contribution >= 0.6 is 0 Å². The fourth-order valence-corrected chi connectivity index (χ4v) is 10.9. The second-order valence-electron chi connectivity index (χ2n) is 18.5. The molecule has 5 amide bonds. The van der Waals surface area contributed by atoms with E-state index in [-0.39, 0.29) is 36.7 Å². The fraction of sp³-hybridized carbons (Fsp3) is 0.417. The van der Waals surface area contributed by atoms with Crippen LogP contribution in [0.25, 0.3) is 11.2 Å². The Morgan fingerprint density at radius 3 is 2.23 bits per heavy atom. The molecule has 5 fully saturated rings. The van der Waals surface area contributed by atoms with Crippen LogP contribution in [-0.4, -0.2) is 116 Å². The van der Waals surface area contributed by atoms with E-state index in [4.69, 9.17) is 4.98 Å². The van der Waals surface area contributed by atoms with Crippen LogP contribution in [0.3, 0.4) is 0 Å². The summed E-state index contributed by atoms with van der Waals surface area (Å²) in [5.41, 5.74) is 6.58. The third-order valence-electron chi connectivity index (χ3n) is 14.7. The molecular formula is C48H51N11O5. The smallest absolute Gasteiger partial charge is 0.262 e. The monoisotopic (exact) mass is 861 g/mol. The van der Waals surface area contributed by atoms with E-state index in [9.17, 15) is 24.0 Å². The highest BCUT2D eigenvalue weighted by Gasteiger charge is 2.49. The third kappa shape index (κ3) is 7.42. The predicted molar refractivity (Wildman–Crippen MR) is 239 cm³/mol. The van der Waals surface area contributed by atoms with E-state index in [2.05, 4.69) is 69.5 Å². The Bertz CT molecular complexity index is 2640. The van der Waals surface area contributed by atoms with E-state index in [0.717, 1.165) is 98.0 Å². The Morgan fingerprint density at radius 1 is 0.766 bits per heavy atom. The number of hydrogen-bond acceptors (Lipinski definition) is 12. The lowest BCUT2D eigenvalue weighted by Crippen LogP contribution is -2.59. The number of piperazine rings is 1. The van der Waals surface area contributed by atoms with Gasteiger partial charge in [-0.15, -0.1) is 0 Å². The summed E-state index contributed by atoms with van der Waals surface area (Å²) in [7, 11) is 0. The van der Waals surface area contributed by atoms with Crippen LogP contribution in [0.5, 0.6) is 0 Å². The lowest BCUT2D eigenvalue weighted by Gasteiger charge is -2.56. The minimum absolute atomic E-state index is 0.0475. The van der Waals surface area contributed by atoms with E-state index in [1.54, 1.807) is 12.4 Å². The molecule has 5 aromatic rings. The average Bonchev–Trinajstić information content (AvgIpc) is 3.82. The normalized spacial score (nSPS) is 23.5. The van der Waals surface area contributed by atoms with Crippen molar-refractivity contribution in [3.63, 3.8) is 0 Å². The molecule has 328 valence electrons. The van der Waals surface area contributed by atoms with Gasteiger partial charge in [-0.1, -0.05) is 30.3 Å². The van der Waals surface area contributed by atoms with Gasteiger partial charge in [0.2, 0.25) is 17.7 Å². The van der Waals surface area contributed by atoms with Gasteiger partial charge in [-0.2, -0.15) is 0 Å². The number of hydrogen-bond donors (Lipinski definition) is 3. The summed E-state index contributed by atoms with van der Waals surface area (Å²) in [4.78, 5) is 85.6. The SMILES string of the molecule is O=C1CC[C@H](N2C(=O)c3ccc(N4CCC5(CC4)CC(N4CCN(c6ccc(Nc7ncnc8c7ncn8C7CC(NC(=O)Cc8ccccc8)C7)cc6)CC4)C5)cc3C2=O)C(=O)N1. The van der Waals surface area contributed by atoms with Crippen LogP contribution in [0.15, 0.2) is 85.5 Å². The molecule has 3 aromatic carbocycles. The van der Waals surface area contributed by atoms with Gasteiger partial charge >= 0.3 is 0 Å². The largest absolute Gasteiger partial charge is 0.371 e. The number of amides is 5. The number of imidazole rings is 1. The summed E-state index contributed by atoms with van der Waals surface area (Å²) < 4.78 is 2.10. The lowest BCUT2D eigenvalue weighted by molar-refractivity contribution is -0.136. The number of carbonyl (C=O) groups excluding carboxylic acids is 5. The van der Waals surface area contributed by atoms with Gasteiger partial charge < -0.3 is 25.0 Å². The molecule has 1 spiro atoms. The molecule has 0 unspecified atom stereocenters. The van der Waals surface area contributed by atoms with Crippen molar-refractivity contribution in [2.24, 2.45) is 5.41 Å². The number of imide groups is 2. The van der Waals surface area contributed by atoms with Gasteiger partial charge in [0.25, 0.3) is 11.8 Å². The van der Waals surface area contributed by atoms with Crippen LogP contribution < -0.4 is 25.8 Å². The van der Waals surface area contributed by atoms with Gasteiger partial charge in [0.05, 0.1) is 23.9 Å². The number of nitrogens with zero attached hydrogens (tertiary/aromatic N) is 8. The van der Waals surface area contributed by atoms with Gasteiger partial charge in [-0.3, -0.25) is 39.1 Å². The highest BCUT2D eigenvalue weighted by molar-refractivity contribution is 6.23. The summed E-state index contributed by atoms with van der Waals surface area (Å²) in [6, 6.07) is 23.8. The van der Waals surface area contributed by atoms with Gasteiger partial charge in [-0.25, -0.2) is 15.0 Å². The third-order valence-corrected chi connectivity index (χ3v) is 14.7. The molecule has 0 bridgehead atoms. The molecule has 64 heavy (non-hydrogen) atoms. The number of nitrogens with one attached hydrogen (secondary N) is 3. The molecule has 2 aromatic heterocycles. The van der Waals surface area contributed by atoms with Crippen LogP contribution in [-0.2, 0) is 20.8 Å². The minimum Gasteiger partial charge on any atom is -0.371 e. The summed E-state index contributed by atoms with van der Waals surface area (Å²) in [5.74, 6) is -1.20. The number of piperidine rings is 2. The van der Waals surface area contributed by atoms with Crippen molar-refractivity contribution >= 4 is 63.6 Å². The van der Waals surface area contributed by atoms with Crippen LogP contribution in [0.1, 0.15) is 83.7 Å². The number of carbonyl (C=O) groups is 5. The maximum atomic E-state index is 13.4. The van der Waals surface area contributed by atoms with Crippen molar-refractivity contribution in [1.82, 2.24) is 40.0 Å². The Morgan fingerprint density at radius 2 is 1.48 bits per heavy atom. The molecule has 6 heterocycles. The molecular weight excluding hydrogens is 811 g/mol. The van der Waals surface area contributed by atoms with Crippen molar-refractivity contribution in [3.05, 3.63) is 102 Å². The molecule has 3 saturated heterocycles. The highest BCUT2D eigenvalue weighted by Crippen LogP contribution is 2.51. The van der Waals surface area contributed by atoms with E-state index < -0.39 is 23.8 Å². The first-order valence-corrected chi connectivity index (χ1v) is 22.6. The van der Waals surface area contributed by atoms with E-state index in [0.29, 0.717) is 34.8 Å². The molecule has 11 rings (SSSR count). The summed E-state index contributed by atoms with van der Waals surface area (Å²) in [6.07, 6.45) is 10.3. The Labute approximate surface area is 370 Å². The zero-order valence-electron chi connectivity index (χ0n) is 35.6. The van der Waals surface area contributed by atoms with E-state index >= 15 is 0 Å². The lowest BCUT2D eigenvalue weighted by atomic mass is 9.60. The molecule has 2 saturated carbocycles. The first-order chi connectivity index (χ1) is 31.2. The van der Waals surface area contributed by atoms with Crippen molar-refractivity contribution in [2.45, 2.75) is 82.0 Å². The molecule has 16 nitrogen and oxygen atoms in total. The predicted octanol–water partition coefficient (Wildman–Crippen LogP) is 4.60. The number of fused-ring (bicyclic) bond motifs is 2. The Kier molecular flexibility index (Phi) is 10.1. The average molecular weight is 862 g/mol. The second-order valence-corrected chi connectivity index (χ2v) is 18.5. The Balaban J connectivity index is 0.634. The zero-order chi connectivity index (χ0) is 43.5. The molecule has 4 aliphatic heterocycles. The number of benzene rings is 3. The van der Waals surface area contributed by atoms with Crippen molar-refractivity contribution in [2.75, 3.05) is 54.4 Å². The summed E-state index contributed by atoms with van der Waals surface area (Å²) >= 11 is 0. The Hall–Kier alpha value is -6.68. The van der Waals surface area contributed by atoms with Crippen molar-refractivity contribution in [3.8, 4) is 0 Å². The second kappa shape index (κ2) is 16.1. The van der Waals surface area contributed by atoms with Gasteiger partial charge in [0.15, 0.2) is 17.0 Å². The van der Waals surface area contributed by atoms with Gasteiger partial charge in [0, 0.05) is 80.9 Å². The summed E-state index contributed by atoms with van der Waals surface area (Å²) in [5, 5.41) is 8.90. The molecule has 0 radical (unpaired) electrons. The molecule has 3 N–H and O–H groups in total. The maximum Gasteiger partial charge on any atom is 0.262 e. The van der Waals surface area contributed by atoms with Crippen LogP contribution in [0, 0.1) is 5.41 Å². The van der Waals surface area contributed by atoms with Gasteiger partial charge in [-0.05, 0) is 98.4 Å². The first-order valence-electron chi connectivity index (χ1n) is 22.6. The van der Waals surface area contributed by atoms with Crippen molar-refractivity contribution < 1.29 is 24.0 Å². The topological polar surface area (TPSA) is 178 Å². The minimum atomic E-state index is -0.961. The summed E-state index contributed by atoms with van der Waals surface area (Å²) in [6.45, 7) is 5.82. The number of anilines is 4. The molecule has 6 aliphatic rings. The number of aromatic nitrogens is 4. The maximum absolute atomic E-state index is 13.4. The first kappa shape index (κ1) is 40.1. The zero-order valence-corrected chi connectivity index (χ0v) is 35.6. The standard InChI is InChI=1S/C48H51N11O5/c60-40-13-12-39(45(62)54-40)59-46(63)37-11-10-34(25-38(37)47(59)64)55-16-14-48(15-17-55)26-36(27-48)57-20-18-56(19-21-57)33-8-6-31(7-9-33)53-43-42-44(50-28-49-43)58(29-51-42)35-23-32(24-35)52-41(61)22-30-4-2-1-3-5-30/h1-11,25,28-29,32,35-36,39H,12-24,26-27H2,(H,52,61)(H,49,50,53)(H,54,60,62)/t32?,35?,39-/m0/s1. The quantitative estimate of drug-likeness (QED) is 0.167. The van der Waals surface area contributed by atoms with E-state index in [1.165, 1.54) is 18.5 Å². The van der Waals surface area contributed by atoms with Crippen LogP contribution in [0.4, 0.5) is 22.9 Å². The fourth-order valence-electron chi connectivity index (χ4n) is 10.9. The van der Waals surface area contributed by atoms with Crippen LogP contribution in [0.2, 0.25) is 0 Å². The molecule has 16 heteroatoms. The molecule has 1 atom stereocenters. The van der Waals surface area contributed by atoms with Crippen molar-refractivity contribution in [1.29, 1.82) is 0 Å². The number of rotatable bonds is 10. The molecule has 2 aliphatic carbocycles. The highest BCUT2D eigenvalue weighted by atomic mass is 16.2. The van der Waals surface area contributed by atoms with E-state index in [1.807, 2.05) is 48.8 Å².